The summed E-state index contributed by atoms with van der Waals surface area (Å²) in [5.74, 6) is -0.0937. The maximum atomic E-state index is 13.3. The molecule has 180 valence electrons. The van der Waals surface area contributed by atoms with Crippen LogP contribution >= 0.6 is 0 Å². The fraction of sp³-hybridized carbons (Fsp3) is 0.462. The van der Waals surface area contributed by atoms with Crippen molar-refractivity contribution in [1.29, 1.82) is 5.26 Å². The summed E-state index contributed by atoms with van der Waals surface area (Å²) >= 11 is 0. The number of carbonyl (C=O) groups is 1. The van der Waals surface area contributed by atoms with Gasteiger partial charge in [-0.05, 0) is 66.6 Å². The monoisotopic (exact) mass is 472 g/mol. The Morgan fingerprint density at radius 1 is 1.12 bits per heavy atom. The average Bonchev–Trinajstić information content (AvgIpc) is 3.19. The molecule has 0 bridgehead atoms. The maximum absolute atomic E-state index is 13.3. The van der Waals surface area contributed by atoms with Crippen molar-refractivity contribution in [3.63, 3.8) is 0 Å². The minimum absolute atomic E-state index is 0.0937. The van der Waals surface area contributed by atoms with Gasteiger partial charge in [0.1, 0.15) is 5.60 Å². The molecule has 0 aliphatic carbocycles. The molecule has 5 nitrogen and oxygen atoms in total. The molecule has 1 spiro atoms. The molecule has 2 aliphatic heterocycles. The Kier molecular flexibility index (Phi) is 7.24. The molecule has 2 saturated heterocycles. The lowest BCUT2D eigenvalue weighted by Gasteiger charge is -2.37. The molecule has 34 heavy (non-hydrogen) atoms. The van der Waals surface area contributed by atoms with Crippen molar-refractivity contribution >= 4 is 5.97 Å². The Morgan fingerprint density at radius 2 is 1.91 bits per heavy atom. The number of hydrogen-bond donors (Lipinski definition) is 0. The predicted molar refractivity (Wildman–Crippen MR) is 120 cm³/mol. The second kappa shape index (κ2) is 10.2. The van der Waals surface area contributed by atoms with E-state index in [0.29, 0.717) is 35.3 Å². The highest BCUT2D eigenvalue weighted by atomic mass is 19.4. The molecule has 2 fully saturated rings. The molecule has 0 radical (unpaired) electrons. The van der Waals surface area contributed by atoms with Crippen LogP contribution in [0.3, 0.4) is 0 Å². The van der Waals surface area contributed by atoms with E-state index in [-0.39, 0.29) is 18.2 Å². The summed E-state index contributed by atoms with van der Waals surface area (Å²) in [6.07, 6.45) is -0.611. The van der Waals surface area contributed by atoms with Crippen molar-refractivity contribution in [2.24, 2.45) is 0 Å². The number of carbonyl (C=O) groups excluding carboxylic acids is 1. The van der Waals surface area contributed by atoms with Crippen LogP contribution in [0, 0.1) is 11.3 Å². The van der Waals surface area contributed by atoms with Crippen LogP contribution in [0.15, 0.2) is 42.5 Å². The third-order valence-corrected chi connectivity index (χ3v) is 6.64. The first-order chi connectivity index (χ1) is 16.3. The summed E-state index contributed by atoms with van der Waals surface area (Å²) in [5, 5.41) is 9.16. The van der Waals surface area contributed by atoms with Gasteiger partial charge in [0.2, 0.25) is 0 Å². The normalized spacial score (nSPS) is 18.1. The van der Waals surface area contributed by atoms with Gasteiger partial charge in [-0.25, -0.2) is 0 Å². The van der Waals surface area contributed by atoms with Crippen LogP contribution in [0.1, 0.15) is 48.8 Å². The van der Waals surface area contributed by atoms with Crippen molar-refractivity contribution < 1.29 is 27.4 Å². The number of alkyl halides is 3. The van der Waals surface area contributed by atoms with Crippen molar-refractivity contribution in [3.05, 3.63) is 59.2 Å². The van der Waals surface area contributed by atoms with Crippen LogP contribution in [-0.2, 0) is 27.1 Å². The number of rotatable bonds is 7. The van der Waals surface area contributed by atoms with Crippen LogP contribution in [-0.4, -0.2) is 42.7 Å². The zero-order chi connectivity index (χ0) is 24.2. The number of likely N-dealkylation sites (tertiary alicyclic amines) is 1. The molecule has 4 rings (SSSR count). The summed E-state index contributed by atoms with van der Waals surface area (Å²) < 4.78 is 51.2. The Morgan fingerprint density at radius 3 is 2.59 bits per heavy atom. The molecule has 0 aromatic heterocycles. The number of piperidine rings is 1. The highest BCUT2D eigenvalue weighted by molar-refractivity contribution is 5.72. The van der Waals surface area contributed by atoms with E-state index in [9.17, 15) is 18.0 Å². The first-order valence-electron chi connectivity index (χ1n) is 11.5. The molecule has 2 aromatic rings. The van der Waals surface area contributed by atoms with Crippen molar-refractivity contribution in [2.45, 2.75) is 50.5 Å². The van der Waals surface area contributed by atoms with Gasteiger partial charge in [0.05, 0.1) is 23.8 Å². The summed E-state index contributed by atoms with van der Waals surface area (Å²) in [6, 6.07) is 12.2. The first-order valence-corrected chi connectivity index (χ1v) is 11.5. The molecule has 8 heteroatoms. The van der Waals surface area contributed by atoms with Crippen LogP contribution in [0.4, 0.5) is 13.2 Å². The number of halogens is 3. The second-order valence-electron chi connectivity index (χ2n) is 8.97. The van der Waals surface area contributed by atoms with E-state index in [2.05, 4.69) is 4.90 Å². The maximum Gasteiger partial charge on any atom is 0.416 e. The van der Waals surface area contributed by atoms with Gasteiger partial charge in [0.25, 0.3) is 0 Å². The molecular formula is C26H27F3N2O3. The van der Waals surface area contributed by atoms with Crippen LogP contribution in [0.25, 0.3) is 11.1 Å². The highest BCUT2D eigenvalue weighted by Gasteiger charge is 2.42. The minimum Gasteiger partial charge on any atom is -0.459 e. The number of ether oxygens (including phenoxy) is 2. The van der Waals surface area contributed by atoms with Crippen molar-refractivity contribution in [1.82, 2.24) is 4.90 Å². The van der Waals surface area contributed by atoms with E-state index >= 15 is 0 Å². The molecule has 2 aliphatic rings. The zero-order valence-corrected chi connectivity index (χ0v) is 18.9. The lowest BCUT2D eigenvalue weighted by Crippen LogP contribution is -2.44. The number of esters is 1. The summed E-state index contributed by atoms with van der Waals surface area (Å²) in [6.45, 7) is 3.28. The lowest BCUT2D eigenvalue weighted by atomic mass is 9.88. The Bertz CT molecular complexity index is 1070. The molecule has 0 saturated carbocycles. The van der Waals surface area contributed by atoms with Crippen LogP contribution < -0.4 is 0 Å². The fourth-order valence-electron chi connectivity index (χ4n) is 4.69. The van der Waals surface area contributed by atoms with E-state index in [0.717, 1.165) is 57.5 Å². The molecule has 0 unspecified atom stereocenters. The fourth-order valence-corrected chi connectivity index (χ4v) is 4.69. The van der Waals surface area contributed by atoms with Crippen LogP contribution in [0.5, 0.6) is 0 Å². The summed E-state index contributed by atoms with van der Waals surface area (Å²) in [7, 11) is 0. The summed E-state index contributed by atoms with van der Waals surface area (Å²) in [4.78, 5) is 13.8. The molecule has 0 atom stereocenters. The second-order valence-corrected chi connectivity index (χ2v) is 8.97. The number of nitriles is 1. The van der Waals surface area contributed by atoms with Crippen molar-refractivity contribution in [3.8, 4) is 17.2 Å². The predicted octanol–water partition coefficient (Wildman–Crippen LogP) is 5.32. The Balaban J connectivity index is 1.32. The van der Waals surface area contributed by atoms with Crippen molar-refractivity contribution in [2.75, 3.05) is 26.2 Å². The quantitative estimate of drug-likeness (QED) is 0.403. The largest absolute Gasteiger partial charge is 0.459 e. The minimum atomic E-state index is -4.45. The number of hydrogen-bond acceptors (Lipinski definition) is 5. The topological polar surface area (TPSA) is 62.6 Å². The third-order valence-electron chi connectivity index (χ3n) is 6.64. The third kappa shape index (κ3) is 5.78. The van der Waals surface area contributed by atoms with Gasteiger partial charge >= 0.3 is 12.1 Å². The SMILES string of the molecule is N#Cc1cccc(-c2cc(C(F)(F)F)ccc2COCCCN2CCC3(CCC(=O)O3)CC2)c1. The molecule has 0 amide bonds. The Hall–Kier alpha value is -2.89. The van der Waals surface area contributed by atoms with Gasteiger partial charge in [-0.2, -0.15) is 18.4 Å². The van der Waals surface area contributed by atoms with Gasteiger partial charge in [0, 0.05) is 32.7 Å². The van der Waals surface area contributed by atoms with E-state index < -0.39 is 11.7 Å². The average molecular weight is 473 g/mol. The first kappa shape index (κ1) is 24.2. The van der Waals surface area contributed by atoms with Gasteiger partial charge in [0.15, 0.2) is 0 Å². The standard InChI is InChI=1S/C26H27F3N2O3/c27-26(28,29)22-6-5-21(23(16-22)20-4-1-3-19(15-20)17-30)18-33-14-2-11-31-12-9-25(10-13-31)8-7-24(32)34-25/h1,3-6,15-16H,2,7-14,18H2. The number of nitrogens with zero attached hydrogens (tertiary/aromatic N) is 2. The molecular weight excluding hydrogens is 445 g/mol. The van der Waals surface area contributed by atoms with Gasteiger partial charge in [-0.3, -0.25) is 4.79 Å². The zero-order valence-electron chi connectivity index (χ0n) is 18.9. The number of benzene rings is 2. The summed E-state index contributed by atoms with van der Waals surface area (Å²) in [5.41, 5.74) is 1.01. The van der Waals surface area contributed by atoms with E-state index in [1.54, 1.807) is 24.3 Å². The molecule has 0 N–H and O–H groups in total. The molecule has 2 heterocycles. The van der Waals surface area contributed by atoms with E-state index in [1.807, 2.05) is 6.07 Å². The lowest BCUT2D eigenvalue weighted by molar-refractivity contribution is -0.152. The van der Waals surface area contributed by atoms with E-state index in [1.165, 1.54) is 6.07 Å². The molecule has 2 aromatic carbocycles. The van der Waals surface area contributed by atoms with E-state index in [4.69, 9.17) is 14.7 Å². The highest BCUT2D eigenvalue weighted by Crippen LogP contribution is 2.37. The van der Waals surface area contributed by atoms with Gasteiger partial charge in [-0.1, -0.05) is 18.2 Å². The van der Waals surface area contributed by atoms with Gasteiger partial charge < -0.3 is 14.4 Å². The Labute approximate surface area is 197 Å². The van der Waals surface area contributed by atoms with Gasteiger partial charge in [-0.15, -0.1) is 0 Å². The van der Waals surface area contributed by atoms with Crippen LogP contribution in [0.2, 0.25) is 0 Å². The smallest absolute Gasteiger partial charge is 0.416 e.